The molecule has 0 spiro atoms. The molecule has 0 saturated carbocycles. The Morgan fingerprint density at radius 1 is 1.20 bits per heavy atom. The monoisotopic (exact) mass is 272 g/mol. The zero-order valence-corrected chi connectivity index (χ0v) is 12.1. The predicted octanol–water partition coefficient (Wildman–Crippen LogP) is 3.87. The number of nitrogens with zero attached hydrogens (tertiary/aromatic N) is 1. The van der Waals surface area contributed by atoms with Crippen LogP contribution in [0.3, 0.4) is 0 Å². The summed E-state index contributed by atoms with van der Waals surface area (Å²) in [5.41, 5.74) is 3.36. The lowest BCUT2D eigenvalue weighted by atomic mass is 9.99. The van der Waals surface area contributed by atoms with Gasteiger partial charge in [0.25, 0.3) is 0 Å². The van der Waals surface area contributed by atoms with E-state index < -0.39 is 0 Å². The molecular weight excluding hydrogens is 251 g/mol. The second kappa shape index (κ2) is 7.15. The maximum Gasteiger partial charge on any atom is 0.141 e. The summed E-state index contributed by atoms with van der Waals surface area (Å²) < 4.78 is 13.0. The average molecular weight is 272 g/mol. The smallest absolute Gasteiger partial charge is 0.141 e. The third-order valence-electron chi connectivity index (χ3n) is 3.28. The summed E-state index contributed by atoms with van der Waals surface area (Å²) in [4.78, 5) is 4.21. The summed E-state index contributed by atoms with van der Waals surface area (Å²) in [6.07, 6.45) is 3.48. The molecule has 1 unspecified atom stereocenters. The van der Waals surface area contributed by atoms with Crippen LogP contribution >= 0.6 is 0 Å². The molecule has 0 saturated heterocycles. The highest BCUT2D eigenvalue weighted by molar-refractivity contribution is 5.31. The molecule has 0 aliphatic carbocycles. The summed E-state index contributed by atoms with van der Waals surface area (Å²) in [6, 6.07) is 11.7. The van der Waals surface area contributed by atoms with Crippen molar-refractivity contribution in [3.05, 3.63) is 65.2 Å². The van der Waals surface area contributed by atoms with E-state index in [1.54, 1.807) is 6.07 Å². The minimum Gasteiger partial charge on any atom is -0.305 e. The summed E-state index contributed by atoms with van der Waals surface area (Å²) in [7, 11) is 0. The minimum atomic E-state index is -0.302. The summed E-state index contributed by atoms with van der Waals surface area (Å²) in [6.45, 7) is 5.07. The van der Waals surface area contributed by atoms with Crippen molar-refractivity contribution >= 4 is 0 Å². The van der Waals surface area contributed by atoms with Crippen LogP contribution in [0.25, 0.3) is 0 Å². The highest BCUT2D eigenvalue weighted by atomic mass is 19.1. The van der Waals surface area contributed by atoms with Gasteiger partial charge >= 0.3 is 0 Å². The number of nitrogens with one attached hydrogen (secondary N) is 1. The van der Waals surface area contributed by atoms with Gasteiger partial charge in [-0.3, -0.25) is 4.98 Å². The highest BCUT2D eigenvalue weighted by Gasteiger charge is 2.14. The molecule has 1 N–H and O–H groups in total. The van der Waals surface area contributed by atoms with Crippen LogP contribution in [0, 0.1) is 5.82 Å². The first-order valence-electron chi connectivity index (χ1n) is 7.18. The molecule has 1 atom stereocenters. The van der Waals surface area contributed by atoms with E-state index in [1.165, 1.54) is 23.4 Å². The molecule has 3 heteroatoms. The number of hydrogen-bond acceptors (Lipinski definition) is 2. The topological polar surface area (TPSA) is 24.9 Å². The van der Waals surface area contributed by atoms with Crippen LogP contribution in [-0.4, -0.2) is 11.5 Å². The van der Waals surface area contributed by atoms with E-state index in [1.807, 2.05) is 0 Å². The van der Waals surface area contributed by atoms with Crippen LogP contribution in [0.4, 0.5) is 4.39 Å². The fourth-order valence-corrected chi connectivity index (χ4v) is 2.37. The Morgan fingerprint density at radius 3 is 2.70 bits per heavy atom. The largest absolute Gasteiger partial charge is 0.305 e. The summed E-state index contributed by atoms with van der Waals surface area (Å²) >= 11 is 0. The third kappa shape index (κ3) is 3.64. The lowest BCUT2D eigenvalue weighted by molar-refractivity contribution is 0.594. The lowest BCUT2D eigenvalue weighted by Crippen LogP contribution is -2.23. The number of rotatable bonds is 6. The van der Waals surface area contributed by atoms with Crippen LogP contribution in [0.2, 0.25) is 0 Å². The zero-order chi connectivity index (χ0) is 14.4. The second-order valence-corrected chi connectivity index (χ2v) is 4.89. The fourth-order valence-electron chi connectivity index (χ4n) is 2.37. The van der Waals surface area contributed by atoms with Gasteiger partial charge in [0, 0.05) is 0 Å². The summed E-state index contributed by atoms with van der Waals surface area (Å²) in [5.74, 6) is -0.302. The number of halogens is 1. The number of aromatic nitrogens is 1. The van der Waals surface area contributed by atoms with Gasteiger partial charge in [0.05, 0.1) is 17.9 Å². The number of benzene rings is 1. The SMILES string of the molecule is CCCc1cccc(C(NCC)c2ccc(F)cn2)c1. The van der Waals surface area contributed by atoms with Crippen molar-refractivity contribution in [2.45, 2.75) is 32.7 Å². The van der Waals surface area contributed by atoms with Gasteiger partial charge in [-0.2, -0.15) is 0 Å². The second-order valence-electron chi connectivity index (χ2n) is 4.89. The number of aryl methyl sites for hydroxylation is 1. The molecule has 0 radical (unpaired) electrons. The molecule has 20 heavy (non-hydrogen) atoms. The molecule has 2 rings (SSSR count). The van der Waals surface area contributed by atoms with Crippen molar-refractivity contribution in [3.8, 4) is 0 Å². The molecule has 0 aliphatic heterocycles. The van der Waals surface area contributed by atoms with Crippen molar-refractivity contribution < 1.29 is 4.39 Å². The van der Waals surface area contributed by atoms with Gasteiger partial charge < -0.3 is 5.32 Å². The summed E-state index contributed by atoms with van der Waals surface area (Å²) in [5, 5.41) is 3.42. The molecule has 0 aliphatic rings. The lowest BCUT2D eigenvalue weighted by Gasteiger charge is -2.18. The molecular formula is C17H21FN2. The standard InChI is InChI=1S/C17H21FN2/c1-3-6-13-7-5-8-14(11-13)17(19-4-2)16-10-9-15(18)12-20-16/h5,7-12,17,19H,3-4,6H2,1-2H3. The molecule has 1 aromatic carbocycles. The van der Waals surface area contributed by atoms with Crippen LogP contribution in [0.1, 0.15) is 43.1 Å². The van der Waals surface area contributed by atoms with Crippen molar-refractivity contribution in [1.82, 2.24) is 10.3 Å². The Bertz CT molecular complexity index is 537. The molecule has 1 aromatic heterocycles. The Morgan fingerprint density at radius 2 is 2.05 bits per heavy atom. The Hall–Kier alpha value is -1.74. The molecule has 2 aromatic rings. The van der Waals surface area contributed by atoms with Gasteiger partial charge in [-0.05, 0) is 36.2 Å². The molecule has 0 fully saturated rings. The maximum absolute atomic E-state index is 13.0. The van der Waals surface area contributed by atoms with Gasteiger partial charge in [0.2, 0.25) is 0 Å². The first kappa shape index (κ1) is 14.7. The zero-order valence-electron chi connectivity index (χ0n) is 12.1. The average Bonchev–Trinajstić information content (AvgIpc) is 2.47. The van der Waals surface area contributed by atoms with E-state index in [9.17, 15) is 4.39 Å². The van der Waals surface area contributed by atoms with Crippen molar-refractivity contribution in [1.29, 1.82) is 0 Å². The first-order chi connectivity index (χ1) is 9.74. The maximum atomic E-state index is 13.0. The van der Waals surface area contributed by atoms with E-state index in [-0.39, 0.29) is 11.9 Å². The fraction of sp³-hybridized carbons (Fsp3) is 0.353. The molecule has 1 heterocycles. The predicted molar refractivity (Wildman–Crippen MR) is 80.2 cm³/mol. The quantitative estimate of drug-likeness (QED) is 0.863. The first-order valence-corrected chi connectivity index (χ1v) is 7.18. The third-order valence-corrected chi connectivity index (χ3v) is 3.28. The van der Waals surface area contributed by atoms with Gasteiger partial charge in [0.1, 0.15) is 5.82 Å². The van der Waals surface area contributed by atoms with Crippen LogP contribution in [0.5, 0.6) is 0 Å². The van der Waals surface area contributed by atoms with Gasteiger partial charge in [0.15, 0.2) is 0 Å². The number of hydrogen-bond donors (Lipinski definition) is 1. The van der Waals surface area contributed by atoms with E-state index in [4.69, 9.17) is 0 Å². The highest BCUT2D eigenvalue weighted by Crippen LogP contribution is 2.22. The van der Waals surface area contributed by atoms with Crippen molar-refractivity contribution in [2.75, 3.05) is 6.54 Å². The molecule has 0 amide bonds. The van der Waals surface area contributed by atoms with Gasteiger partial charge in [-0.1, -0.05) is 44.5 Å². The van der Waals surface area contributed by atoms with E-state index in [2.05, 4.69) is 48.4 Å². The minimum absolute atomic E-state index is 0.0115. The van der Waals surface area contributed by atoms with Crippen molar-refractivity contribution in [3.63, 3.8) is 0 Å². The van der Waals surface area contributed by atoms with Crippen LogP contribution in [0.15, 0.2) is 42.6 Å². The van der Waals surface area contributed by atoms with Crippen LogP contribution in [-0.2, 0) is 6.42 Å². The van der Waals surface area contributed by atoms with Crippen molar-refractivity contribution in [2.24, 2.45) is 0 Å². The Kier molecular flexibility index (Phi) is 5.24. The molecule has 2 nitrogen and oxygen atoms in total. The Labute approximate surface area is 120 Å². The molecule has 106 valence electrons. The van der Waals surface area contributed by atoms with E-state index in [0.29, 0.717) is 0 Å². The van der Waals surface area contributed by atoms with Gasteiger partial charge in [-0.25, -0.2) is 4.39 Å². The van der Waals surface area contributed by atoms with E-state index in [0.717, 1.165) is 25.1 Å². The van der Waals surface area contributed by atoms with Gasteiger partial charge in [-0.15, -0.1) is 0 Å². The van der Waals surface area contributed by atoms with Crippen LogP contribution < -0.4 is 5.32 Å². The normalized spacial score (nSPS) is 12.3. The molecule has 0 bridgehead atoms. The Balaban J connectivity index is 2.32. The van der Waals surface area contributed by atoms with E-state index >= 15 is 0 Å². The number of pyridine rings is 1.